The van der Waals surface area contributed by atoms with Crippen molar-refractivity contribution in [1.29, 1.82) is 0 Å². The maximum atomic E-state index is 11.3. The Balaban J connectivity index is 2.92. The van der Waals surface area contributed by atoms with Crippen molar-refractivity contribution in [3.05, 3.63) is 27.9 Å². The molecule has 0 saturated heterocycles. The minimum Gasteiger partial charge on any atom is -0.495 e. The van der Waals surface area contributed by atoms with Crippen LogP contribution in [0.2, 0.25) is 0 Å². The minimum atomic E-state index is 0.0412. The number of thiazole rings is 1. The van der Waals surface area contributed by atoms with Crippen LogP contribution < -0.4 is 9.61 Å². The number of ether oxygens (including phenoxy) is 1. The molecule has 2 aromatic rings. The fourth-order valence-corrected chi connectivity index (χ4v) is 2.26. The molecule has 68 valence electrons. The zero-order valence-electron chi connectivity index (χ0n) is 7.40. The van der Waals surface area contributed by atoms with E-state index in [0.29, 0.717) is 0 Å². The van der Waals surface area contributed by atoms with Crippen LogP contribution in [-0.2, 0) is 7.05 Å². The van der Waals surface area contributed by atoms with Crippen LogP contribution >= 0.6 is 11.3 Å². The van der Waals surface area contributed by atoms with E-state index in [1.54, 1.807) is 18.7 Å². The molecular formula is C9H9NO2S. The van der Waals surface area contributed by atoms with Crippen molar-refractivity contribution in [2.75, 3.05) is 7.11 Å². The molecule has 1 aromatic carbocycles. The second-order valence-corrected chi connectivity index (χ2v) is 3.70. The Kier molecular flexibility index (Phi) is 1.84. The van der Waals surface area contributed by atoms with Gasteiger partial charge in [0, 0.05) is 7.05 Å². The minimum absolute atomic E-state index is 0.0412. The van der Waals surface area contributed by atoms with E-state index in [1.807, 2.05) is 18.2 Å². The molecule has 0 atom stereocenters. The van der Waals surface area contributed by atoms with Gasteiger partial charge >= 0.3 is 4.87 Å². The van der Waals surface area contributed by atoms with Gasteiger partial charge in [-0.25, -0.2) is 0 Å². The first-order valence-corrected chi connectivity index (χ1v) is 4.68. The monoisotopic (exact) mass is 195 g/mol. The smallest absolute Gasteiger partial charge is 0.308 e. The lowest BCUT2D eigenvalue weighted by Crippen LogP contribution is -2.06. The van der Waals surface area contributed by atoms with Crippen LogP contribution in [0.4, 0.5) is 0 Å². The predicted octanol–water partition coefficient (Wildman–Crippen LogP) is 1.61. The van der Waals surface area contributed by atoms with E-state index in [1.165, 1.54) is 11.3 Å². The molecule has 1 aromatic heterocycles. The molecule has 0 spiro atoms. The highest BCUT2D eigenvalue weighted by molar-refractivity contribution is 7.16. The van der Waals surface area contributed by atoms with Crippen LogP contribution in [0.1, 0.15) is 0 Å². The maximum absolute atomic E-state index is 11.3. The number of methoxy groups -OCH3 is 1. The van der Waals surface area contributed by atoms with Crippen molar-refractivity contribution >= 4 is 21.6 Å². The third-order valence-electron chi connectivity index (χ3n) is 2.00. The molecule has 0 saturated carbocycles. The van der Waals surface area contributed by atoms with Crippen LogP contribution in [0, 0.1) is 0 Å². The SMILES string of the molecule is COc1cccc2c1sc(=O)n2C. The van der Waals surface area contributed by atoms with Gasteiger partial charge in [0.1, 0.15) is 5.75 Å². The van der Waals surface area contributed by atoms with E-state index >= 15 is 0 Å². The number of aryl methyl sites for hydroxylation is 1. The van der Waals surface area contributed by atoms with E-state index in [9.17, 15) is 4.79 Å². The lowest BCUT2D eigenvalue weighted by atomic mass is 10.3. The van der Waals surface area contributed by atoms with E-state index in [0.717, 1.165) is 16.0 Å². The highest BCUT2D eigenvalue weighted by atomic mass is 32.1. The quantitative estimate of drug-likeness (QED) is 0.692. The number of hydrogen-bond acceptors (Lipinski definition) is 3. The molecule has 0 N–H and O–H groups in total. The first-order chi connectivity index (χ1) is 6.24. The topological polar surface area (TPSA) is 31.2 Å². The van der Waals surface area contributed by atoms with E-state index < -0.39 is 0 Å². The number of hydrogen-bond donors (Lipinski definition) is 0. The first-order valence-electron chi connectivity index (χ1n) is 3.86. The largest absolute Gasteiger partial charge is 0.495 e. The standard InChI is InChI=1S/C9H9NO2S/c1-10-6-4-3-5-7(12-2)8(6)13-9(10)11/h3-5H,1-2H3. The summed E-state index contributed by atoms with van der Waals surface area (Å²) in [5.74, 6) is 0.764. The molecule has 0 unspecified atom stereocenters. The molecule has 1 heterocycles. The van der Waals surface area contributed by atoms with Gasteiger partial charge in [-0.3, -0.25) is 4.79 Å². The van der Waals surface area contributed by atoms with Crippen molar-refractivity contribution < 1.29 is 4.74 Å². The Bertz CT molecular complexity index is 498. The molecule has 0 aliphatic carbocycles. The molecule has 0 aliphatic rings. The zero-order chi connectivity index (χ0) is 9.42. The van der Waals surface area contributed by atoms with Gasteiger partial charge in [-0.15, -0.1) is 0 Å². The van der Waals surface area contributed by atoms with Crippen LogP contribution in [0.3, 0.4) is 0 Å². The van der Waals surface area contributed by atoms with Gasteiger partial charge in [-0.05, 0) is 12.1 Å². The van der Waals surface area contributed by atoms with E-state index in [2.05, 4.69) is 0 Å². The summed E-state index contributed by atoms with van der Waals surface area (Å²) in [5, 5.41) is 0. The van der Waals surface area contributed by atoms with Gasteiger partial charge in [-0.1, -0.05) is 17.4 Å². The Morgan fingerprint density at radius 1 is 1.46 bits per heavy atom. The number of aromatic nitrogens is 1. The van der Waals surface area contributed by atoms with Gasteiger partial charge in [0.05, 0.1) is 17.3 Å². The lowest BCUT2D eigenvalue weighted by Gasteiger charge is -1.99. The second-order valence-electron chi connectivity index (χ2n) is 2.74. The van der Waals surface area contributed by atoms with Gasteiger partial charge in [0.15, 0.2) is 0 Å². The molecule has 0 fully saturated rings. The van der Waals surface area contributed by atoms with Crippen molar-refractivity contribution in [2.45, 2.75) is 0 Å². The Labute approximate surface area is 79.2 Å². The van der Waals surface area contributed by atoms with Gasteiger partial charge in [0.25, 0.3) is 0 Å². The lowest BCUT2D eigenvalue weighted by molar-refractivity contribution is 0.420. The summed E-state index contributed by atoms with van der Waals surface area (Å²) in [7, 11) is 3.37. The summed E-state index contributed by atoms with van der Waals surface area (Å²) in [4.78, 5) is 11.4. The highest BCUT2D eigenvalue weighted by Gasteiger charge is 2.07. The van der Waals surface area contributed by atoms with Crippen molar-refractivity contribution in [2.24, 2.45) is 7.05 Å². The van der Waals surface area contributed by atoms with Gasteiger partial charge < -0.3 is 9.30 Å². The maximum Gasteiger partial charge on any atom is 0.308 e. The second kappa shape index (κ2) is 2.88. The fourth-order valence-electron chi connectivity index (χ4n) is 1.29. The van der Waals surface area contributed by atoms with Crippen LogP contribution in [0.15, 0.2) is 23.0 Å². The molecule has 2 rings (SSSR count). The zero-order valence-corrected chi connectivity index (χ0v) is 8.22. The third-order valence-corrected chi connectivity index (χ3v) is 3.07. The third kappa shape index (κ3) is 1.14. The molecule has 0 bridgehead atoms. The number of fused-ring (bicyclic) bond motifs is 1. The first kappa shape index (κ1) is 8.31. The predicted molar refractivity (Wildman–Crippen MR) is 53.6 cm³/mol. The Morgan fingerprint density at radius 2 is 2.23 bits per heavy atom. The number of nitrogens with zero attached hydrogens (tertiary/aromatic N) is 1. The summed E-state index contributed by atoms with van der Waals surface area (Å²) in [6.45, 7) is 0. The molecule has 0 amide bonds. The molecule has 3 nitrogen and oxygen atoms in total. The summed E-state index contributed by atoms with van der Waals surface area (Å²) in [6.07, 6.45) is 0. The molecule has 0 aliphatic heterocycles. The highest BCUT2D eigenvalue weighted by Crippen LogP contribution is 2.26. The molecule has 13 heavy (non-hydrogen) atoms. The van der Waals surface area contributed by atoms with Crippen molar-refractivity contribution in [3.8, 4) is 5.75 Å². The average molecular weight is 195 g/mol. The summed E-state index contributed by atoms with van der Waals surface area (Å²) < 4.78 is 7.70. The number of benzene rings is 1. The fraction of sp³-hybridized carbons (Fsp3) is 0.222. The molecular weight excluding hydrogens is 186 g/mol. The molecule has 0 radical (unpaired) electrons. The van der Waals surface area contributed by atoms with Crippen molar-refractivity contribution in [1.82, 2.24) is 4.57 Å². The Morgan fingerprint density at radius 3 is 2.92 bits per heavy atom. The van der Waals surface area contributed by atoms with Gasteiger partial charge in [-0.2, -0.15) is 0 Å². The van der Waals surface area contributed by atoms with E-state index in [4.69, 9.17) is 4.74 Å². The summed E-state index contributed by atoms with van der Waals surface area (Å²) >= 11 is 1.21. The summed E-state index contributed by atoms with van der Waals surface area (Å²) in [5.41, 5.74) is 0.925. The average Bonchev–Trinajstić information content (AvgIpc) is 2.43. The van der Waals surface area contributed by atoms with Crippen molar-refractivity contribution in [3.63, 3.8) is 0 Å². The van der Waals surface area contributed by atoms with Gasteiger partial charge in [0.2, 0.25) is 0 Å². The van der Waals surface area contributed by atoms with Crippen LogP contribution in [-0.4, -0.2) is 11.7 Å². The Hall–Kier alpha value is -1.29. The number of rotatable bonds is 1. The normalized spacial score (nSPS) is 10.6. The van der Waals surface area contributed by atoms with Crippen LogP contribution in [0.25, 0.3) is 10.2 Å². The molecule has 4 heteroatoms. The van der Waals surface area contributed by atoms with Crippen LogP contribution in [0.5, 0.6) is 5.75 Å². The summed E-state index contributed by atoms with van der Waals surface area (Å²) in [6, 6.07) is 5.65. The van der Waals surface area contributed by atoms with E-state index in [-0.39, 0.29) is 4.87 Å².